The van der Waals surface area contributed by atoms with Crippen LogP contribution in [0.4, 0.5) is 5.95 Å². The highest BCUT2D eigenvalue weighted by atomic mass is 16.5. The zero-order chi connectivity index (χ0) is 19.4. The van der Waals surface area contributed by atoms with Crippen LogP contribution in [-0.2, 0) is 4.79 Å². The lowest BCUT2D eigenvalue weighted by molar-refractivity contribution is -0.117. The summed E-state index contributed by atoms with van der Waals surface area (Å²) in [5, 5.41) is 6.75. The van der Waals surface area contributed by atoms with Gasteiger partial charge >= 0.3 is 0 Å². The Kier molecular flexibility index (Phi) is 5.15. The van der Waals surface area contributed by atoms with Gasteiger partial charge in [0.15, 0.2) is 0 Å². The lowest BCUT2D eigenvalue weighted by atomic mass is 10.0. The minimum atomic E-state index is -0.203. The zero-order valence-electron chi connectivity index (χ0n) is 15.0. The number of anilines is 1. The Balaban J connectivity index is 2.06. The number of nitrogens with one attached hydrogen (secondary N) is 1. The van der Waals surface area contributed by atoms with Crippen LogP contribution in [0.25, 0.3) is 11.1 Å². The van der Waals surface area contributed by atoms with Crippen molar-refractivity contribution in [2.45, 2.75) is 12.8 Å². The van der Waals surface area contributed by atoms with Crippen molar-refractivity contribution in [3.63, 3.8) is 0 Å². The monoisotopic (exact) mass is 368 g/mol. The molecule has 0 radical (unpaired) electrons. The van der Waals surface area contributed by atoms with Gasteiger partial charge in [-0.3, -0.25) is 4.79 Å². The molecular weight excluding hydrogens is 348 g/mol. The molecule has 0 fully saturated rings. The van der Waals surface area contributed by atoms with Gasteiger partial charge in [0.2, 0.25) is 23.7 Å². The van der Waals surface area contributed by atoms with Gasteiger partial charge in [-0.15, -0.1) is 5.10 Å². The smallest absolute Gasteiger partial charge is 0.248 e. The van der Waals surface area contributed by atoms with Gasteiger partial charge in [0.1, 0.15) is 5.52 Å². The number of nitrogen functional groups attached to an aromatic ring is 1. The highest BCUT2D eigenvalue weighted by Crippen LogP contribution is 2.28. The van der Waals surface area contributed by atoms with E-state index in [1.807, 2.05) is 12.1 Å². The van der Waals surface area contributed by atoms with E-state index in [9.17, 15) is 4.79 Å². The van der Waals surface area contributed by atoms with Crippen molar-refractivity contribution in [1.82, 2.24) is 19.9 Å². The lowest BCUT2D eigenvalue weighted by Gasteiger charge is -2.08. The molecule has 0 unspecified atom stereocenters. The molecular formula is C17H20N8O2. The van der Waals surface area contributed by atoms with E-state index in [4.69, 9.17) is 16.2 Å². The average molecular weight is 368 g/mol. The van der Waals surface area contributed by atoms with Gasteiger partial charge in [0.05, 0.1) is 7.11 Å². The Hall–Kier alpha value is -3.69. The molecule has 0 saturated heterocycles. The minimum absolute atomic E-state index is 0.0418. The van der Waals surface area contributed by atoms with Crippen LogP contribution in [0.5, 0.6) is 5.88 Å². The van der Waals surface area contributed by atoms with E-state index in [0.29, 0.717) is 29.8 Å². The Morgan fingerprint density at radius 1 is 1.37 bits per heavy atom. The number of carbonyl (C=O) groups excluding carboxylic acids is 1. The van der Waals surface area contributed by atoms with Gasteiger partial charge in [-0.05, 0) is 24.5 Å². The summed E-state index contributed by atoms with van der Waals surface area (Å²) in [5.41, 5.74) is 14.3. The number of fused-ring (bicyclic) bond motifs is 1. The summed E-state index contributed by atoms with van der Waals surface area (Å²) in [7, 11) is 3.08. The minimum Gasteiger partial charge on any atom is -0.479 e. The number of hydrogen-bond acceptors (Lipinski definition) is 8. The predicted molar refractivity (Wildman–Crippen MR) is 103 cm³/mol. The fourth-order valence-electron chi connectivity index (χ4n) is 2.71. The predicted octanol–water partition coefficient (Wildman–Crippen LogP) is 0.513. The van der Waals surface area contributed by atoms with Gasteiger partial charge in [0.25, 0.3) is 0 Å². The van der Waals surface area contributed by atoms with Gasteiger partial charge in [-0.1, -0.05) is 6.08 Å². The maximum absolute atomic E-state index is 11.9. The van der Waals surface area contributed by atoms with Gasteiger partial charge in [0, 0.05) is 36.8 Å². The zero-order valence-corrected chi connectivity index (χ0v) is 15.0. The fourth-order valence-corrected chi connectivity index (χ4v) is 2.71. The van der Waals surface area contributed by atoms with Crippen LogP contribution in [0.1, 0.15) is 18.4 Å². The van der Waals surface area contributed by atoms with Crippen molar-refractivity contribution in [1.29, 1.82) is 0 Å². The molecule has 10 nitrogen and oxygen atoms in total. The van der Waals surface area contributed by atoms with Gasteiger partial charge < -0.3 is 21.5 Å². The number of amides is 1. The first kappa shape index (κ1) is 18.1. The van der Waals surface area contributed by atoms with Crippen LogP contribution >= 0.6 is 0 Å². The number of guanidine groups is 1. The number of nitrogens with two attached hydrogens (primary N) is 2. The van der Waals surface area contributed by atoms with E-state index < -0.39 is 0 Å². The molecule has 0 atom stereocenters. The van der Waals surface area contributed by atoms with E-state index >= 15 is 0 Å². The number of carbonyl (C=O) groups is 1. The molecule has 140 valence electrons. The quantitative estimate of drug-likeness (QED) is 0.720. The molecule has 1 aliphatic rings. The summed E-state index contributed by atoms with van der Waals surface area (Å²) in [6.45, 7) is 0. The molecule has 0 aromatic carbocycles. The lowest BCUT2D eigenvalue weighted by Crippen LogP contribution is -2.20. The van der Waals surface area contributed by atoms with Crippen molar-refractivity contribution in [3.8, 4) is 5.88 Å². The normalized spacial score (nSPS) is 21.9. The second-order valence-electron chi connectivity index (χ2n) is 5.68. The second-order valence-corrected chi connectivity index (χ2v) is 5.68. The summed E-state index contributed by atoms with van der Waals surface area (Å²) in [5.74, 6) is 0.291. The van der Waals surface area contributed by atoms with Crippen LogP contribution in [-0.4, -0.2) is 46.8 Å². The van der Waals surface area contributed by atoms with E-state index in [-0.39, 0.29) is 17.8 Å². The number of rotatable bonds is 3. The van der Waals surface area contributed by atoms with Crippen molar-refractivity contribution in [3.05, 3.63) is 35.7 Å². The number of allylic oxidation sites excluding steroid dienone is 2. The third-order valence-corrected chi connectivity index (χ3v) is 3.99. The van der Waals surface area contributed by atoms with E-state index in [0.717, 1.165) is 11.1 Å². The molecule has 1 amide bonds. The van der Waals surface area contributed by atoms with Crippen molar-refractivity contribution >= 4 is 35.1 Å². The van der Waals surface area contributed by atoms with Crippen LogP contribution in [0.15, 0.2) is 40.1 Å². The maximum atomic E-state index is 11.9. The molecule has 0 saturated carbocycles. The number of ether oxygens (including phenoxy) is 1. The maximum Gasteiger partial charge on any atom is 0.248 e. The summed E-state index contributed by atoms with van der Waals surface area (Å²) < 4.78 is 6.94. The summed E-state index contributed by atoms with van der Waals surface area (Å²) in [6, 6.07) is 1.86. The van der Waals surface area contributed by atoms with Crippen molar-refractivity contribution in [2.75, 3.05) is 19.9 Å². The van der Waals surface area contributed by atoms with Crippen molar-refractivity contribution in [2.24, 2.45) is 15.7 Å². The molecule has 2 aromatic rings. The molecule has 5 N–H and O–H groups in total. The third kappa shape index (κ3) is 3.78. The van der Waals surface area contributed by atoms with Crippen molar-refractivity contribution < 1.29 is 9.53 Å². The van der Waals surface area contributed by atoms with Crippen LogP contribution in [0.2, 0.25) is 0 Å². The molecule has 27 heavy (non-hydrogen) atoms. The molecule has 10 heteroatoms. The van der Waals surface area contributed by atoms with E-state index in [2.05, 4.69) is 25.4 Å². The highest BCUT2D eigenvalue weighted by Gasteiger charge is 2.15. The topological polar surface area (TPSA) is 145 Å². The first-order valence-electron chi connectivity index (χ1n) is 8.21. The Bertz CT molecular complexity index is 1000. The average Bonchev–Trinajstić information content (AvgIpc) is 3.09. The summed E-state index contributed by atoms with van der Waals surface area (Å²) in [6.07, 6.45) is 7.88. The number of hydrogen-bond donors (Lipinski definition) is 3. The van der Waals surface area contributed by atoms with Gasteiger partial charge in [-0.25, -0.2) is 14.5 Å². The molecule has 2 aromatic heterocycles. The SMILES string of the molecule is CNC(=O)/C1=C/N=C(N)/N=C\C(c2ccn3nc(N)nc(OC)c23)=C/CC1. The number of likely N-dealkylation sites (N-methyl/N-ethyl adjacent to an activating group) is 1. The van der Waals surface area contributed by atoms with Crippen LogP contribution in [0.3, 0.4) is 0 Å². The Morgan fingerprint density at radius 2 is 2.19 bits per heavy atom. The fraction of sp³-hybridized carbons (Fsp3) is 0.235. The van der Waals surface area contributed by atoms with E-state index in [1.54, 1.807) is 24.0 Å². The molecule has 1 aliphatic heterocycles. The Labute approximate surface area is 155 Å². The van der Waals surface area contributed by atoms with Crippen LogP contribution in [0, 0.1) is 0 Å². The van der Waals surface area contributed by atoms with Gasteiger partial charge in [-0.2, -0.15) is 4.98 Å². The first-order chi connectivity index (χ1) is 13.0. The molecule has 0 aliphatic carbocycles. The van der Waals surface area contributed by atoms with E-state index in [1.165, 1.54) is 13.3 Å². The number of methoxy groups -OCH3 is 1. The molecule has 3 rings (SSSR count). The Morgan fingerprint density at radius 3 is 2.93 bits per heavy atom. The number of nitrogens with zero attached hydrogens (tertiary/aromatic N) is 5. The summed E-state index contributed by atoms with van der Waals surface area (Å²) in [4.78, 5) is 24.3. The molecule has 3 heterocycles. The largest absolute Gasteiger partial charge is 0.479 e. The first-order valence-corrected chi connectivity index (χ1v) is 8.21. The molecule has 0 bridgehead atoms. The number of aromatic nitrogens is 3. The second kappa shape index (κ2) is 7.68. The van der Waals surface area contributed by atoms with Crippen LogP contribution < -0.4 is 21.5 Å². The standard InChI is InChI=1S/C17H20N8O2/c1-20-14(26)11-5-3-4-10(8-21-16(18)22-9-11)12-6-7-25-13(12)15(27-2)23-17(19)24-25/h4,6-9H,3,5H2,1-2H3,(H2,18,22)(H2,19,24)(H,20,26)/b10-4+,11-9+,21-8-. The molecule has 0 spiro atoms. The highest BCUT2D eigenvalue weighted by molar-refractivity contribution is 6.15. The third-order valence-electron chi connectivity index (χ3n) is 3.99. The number of aliphatic imine (C=N–C) groups is 2. The summed E-state index contributed by atoms with van der Waals surface area (Å²) >= 11 is 0.